The SMILES string of the molecule is CCCC/C=C\CCCCCCCC(=O)N[C@@H](CCSC)C(=O)O. The molecule has 0 aromatic carbocycles. The smallest absolute Gasteiger partial charge is 0.326 e. The van der Waals surface area contributed by atoms with Crippen molar-refractivity contribution >= 4 is 23.6 Å². The Morgan fingerprint density at radius 3 is 2.29 bits per heavy atom. The number of thioether (sulfide) groups is 1. The van der Waals surface area contributed by atoms with Crippen molar-refractivity contribution in [2.45, 2.75) is 83.6 Å². The molecular formula is C19H35NO3S. The summed E-state index contributed by atoms with van der Waals surface area (Å²) < 4.78 is 0. The standard InChI is InChI=1S/C19H35NO3S/c1-3-4-5-6-7-8-9-10-11-12-13-14-18(21)20-17(19(22)23)15-16-24-2/h6-7,17H,3-5,8-16H2,1-2H3,(H,20,21)(H,22,23)/b7-6-/t17-/m0/s1. The van der Waals surface area contributed by atoms with Crippen molar-refractivity contribution in [1.82, 2.24) is 5.32 Å². The van der Waals surface area contributed by atoms with Crippen molar-refractivity contribution in [1.29, 1.82) is 0 Å². The number of unbranched alkanes of at least 4 members (excludes halogenated alkanes) is 7. The topological polar surface area (TPSA) is 66.4 Å². The van der Waals surface area contributed by atoms with Gasteiger partial charge in [0.15, 0.2) is 0 Å². The fourth-order valence-corrected chi connectivity index (χ4v) is 2.87. The summed E-state index contributed by atoms with van der Waals surface area (Å²) in [5.74, 6) is -0.337. The molecule has 0 bridgehead atoms. The third-order valence-corrected chi connectivity index (χ3v) is 4.55. The van der Waals surface area contributed by atoms with Gasteiger partial charge in [-0.1, -0.05) is 51.2 Å². The molecule has 0 rings (SSSR count). The van der Waals surface area contributed by atoms with Crippen LogP contribution < -0.4 is 5.32 Å². The number of hydrogen-bond donors (Lipinski definition) is 2. The molecule has 0 heterocycles. The lowest BCUT2D eigenvalue weighted by Crippen LogP contribution is -2.41. The van der Waals surface area contributed by atoms with Gasteiger partial charge in [-0.05, 0) is 44.1 Å². The average molecular weight is 358 g/mol. The summed E-state index contributed by atoms with van der Waals surface area (Å²) in [5.41, 5.74) is 0. The fourth-order valence-electron chi connectivity index (χ4n) is 2.40. The molecule has 0 aliphatic rings. The number of rotatable bonds is 16. The van der Waals surface area contributed by atoms with Gasteiger partial charge in [-0.25, -0.2) is 4.79 Å². The zero-order chi connectivity index (χ0) is 18.0. The first-order chi connectivity index (χ1) is 11.6. The van der Waals surface area contributed by atoms with E-state index in [9.17, 15) is 9.59 Å². The molecule has 0 saturated heterocycles. The fraction of sp³-hybridized carbons (Fsp3) is 0.789. The lowest BCUT2D eigenvalue weighted by molar-refractivity contribution is -0.141. The van der Waals surface area contributed by atoms with E-state index in [1.807, 2.05) is 6.26 Å². The van der Waals surface area contributed by atoms with Crippen LogP contribution in [0.15, 0.2) is 12.2 Å². The van der Waals surface area contributed by atoms with E-state index in [0.29, 0.717) is 12.8 Å². The normalized spacial score (nSPS) is 12.4. The van der Waals surface area contributed by atoms with Gasteiger partial charge in [-0.3, -0.25) is 4.79 Å². The van der Waals surface area contributed by atoms with Crippen LogP contribution in [0.4, 0.5) is 0 Å². The minimum Gasteiger partial charge on any atom is -0.480 e. The highest BCUT2D eigenvalue weighted by atomic mass is 32.2. The third-order valence-electron chi connectivity index (χ3n) is 3.91. The maximum absolute atomic E-state index is 11.8. The summed E-state index contributed by atoms with van der Waals surface area (Å²) in [4.78, 5) is 22.9. The molecule has 0 fully saturated rings. The summed E-state index contributed by atoms with van der Waals surface area (Å²) in [5, 5.41) is 11.7. The van der Waals surface area contributed by atoms with Crippen molar-refractivity contribution < 1.29 is 14.7 Å². The largest absolute Gasteiger partial charge is 0.480 e. The van der Waals surface area contributed by atoms with Crippen molar-refractivity contribution in [3.05, 3.63) is 12.2 Å². The molecule has 0 saturated carbocycles. The lowest BCUT2D eigenvalue weighted by Gasteiger charge is -2.13. The van der Waals surface area contributed by atoms with Gasteiger partial charge in [0, 0.05) is 6.42 Å². The Bertz CT molecular complexity index is 359. The zero-order valence-electron chi connectivity index (χ0n) is 15.4. The number of carboxylic acid groups (broad SMARTS) is 1. The first-order valence-corrected chi connectivity index (χ1v) is 10.7. The molecule has 1 atom stereocenters. The summed E-state index contributed by atoms with van der Waals surface area (Å²) in [6.45, 7) is 2.21. The Hall–Kier alpha value is -0.970. The van der Waals surface area contributed by atoms with Crippen LogP contribution in [0.5, 0.6) is 0 Å². The highest BCUT2D eigenvalue weighted by molar-refractivity contribution is 7.98. The van der Waals surface area contributed by atoms with Crippen LogP contribution in [0.2, 0.25) is 0 Å². The van der Waals surface area contributed by atoms with Crippen LogP contribution >= 0.6 is 11.8 Å². The monoisotopic (exact) mass is 357 g/mol. The summed E-state index contributed by atoms with van der Waals surface area (Å²) in [7, 11) is 0. The van der Waals surface area contributed by atoms with Gasteiger partial charge in [0.05, 0.1) is 0 Å². The van der Waals surface area contributed by atoms with Gasteiger partial charge in [0.25, 0.3) is 0 Å². The van der Waals surface area contributed by atoms with Gasteiger partial charge < -0.3 is 10.4 Å². The van der Waals surface area contributed by atoms with Crippen molar-refractivity contribution in [2.75, 3.05) is 12.0 Å². The minimum absolute atomic E-state index is 0.137. The summed E-state index contributed by atoms with van der Waals surface area (Å²) in [6, 6.07) is -0.746. The van der Waals surface area contributed by atoms with Crippen LogP contribution in [0.3, 0.4) is 0 Å². The van der Waals surface area contributed by atoms with Crippen molar-refractivity contribution in [3.63, 3.8) is 0 Å². The average Bonchev–Trinajstić information content (AvgIpc) is 2.56. The molecule has 0 radical (unpaired) electrons. The first kappa shape index (κ1) is 23.0. The third kappa shape index (κ3) is 14.6. The molecule has 24 heavy (non-hydrogen) atoms. The summed E-state index contributed by atoms with van der Waals surface area (Å²) >= 11 is 1.59. The highest BCUT2D eigenvalue weighted by Crippen LogP contribution is 2.09. The van der Waals surface area contributed by atoms with Gasteiger partial charge in [0.1, 0.15) is 6.04 Å². The van der Waals surface area contributed by atoms with E-state index in [1.54, 1.807) is 11.8 Å². The lowest BCUT2D eigenvalue weighted by atomic mass is 10.1. The van der Waals surface area contributed by atoms with E-state index in [-0.39, 0.29) is 5.91 Å². The maximum atomic E-state index is 11.8. The second-order valence-corrected chi connectivity index (χ2v) is 7.15. The first-order valence-electron chi connectivity index (χ1n) is 9.27. The highest BCUT2D eigenvalue weighted by Gasteiger charge is 2.18. The van der Waals surface area contributed by atoms with E-state index >= 15 is 0 Å². The van der Waals surface area contributed by atoms with E-state index in [2.05, 4.69) is 24.4 Å². The molecule has 5 heteroatoms. The van der Waals surface area contributed by atoms with Gasteiger partial charge in [0.2, 0.25) is 5.91 Å². The minimum atomic E-state index is -0.940. The van der Waals surface area contributed by atoms with E-state index in [4.69, 9.17) is 5.11 Å². The van der Waals surface area contributed by atoms with Gasteiger partial charge in [-0.15, -0.1) is 0 Å². The Labute approximate surface area is 151 Å². The van der Waals surface area contributed by atoms with E-state index < -0.39 is 12.0 Å². The number of aliphatic carboxylic acids is 1. The molecule has 2 N–H and O–H groups in total. The molecule has 0 unspecified atom stereocenters. The van der Waals surface area contributed by atoms with E-state index in [0.717, 1.165) is 31.4 Å². The summed E-state index contributed by atoms with van der Waals surface area (Å²) in [6.07, 6.45) is 17.7. The Balaban J connectivity index is 3.57. The Kier molecular flexibility index (Phi) is 16.2. The van der Waals surface area contributed by atoms with Crippen LogP contribution in [0.1, 0.15) is 77.6 Å². The predicted octanol–water partition coefficient (Wildman–Crippen LogP) is 4.79. The molecule has 0 aliphatic heterocycles. The van der Waals surface area contributed by atoms with Crippen LogP contribution in [0, 0.1) is 0 Å². The molecule has 0 aliphatic carbocycles. The van der Waals surface area contributed by atoms with Crippen LogP contribution in [-0.2, 0) is 9.59 Å². The maximum Gasteiger partial charge on any atom is 0.326 e. The quantitative estimate of drug-likeness (QED) is 0.308. The number of carbonyl (C=O) groups excluding carboxylic acids is 1. The predicted molar refractivity (Wildman–Crippen MR) is 104 cm³/mol. The van der Waals surface area contributed by atoms with Crippen LogP contribution in [-0.4, -0.2) is 35.0 Å². The Morgan fingerprint density at radius 2 is 1.67 bits per heavy atom. The number of hydrogen-bond acceptors (Lipinski definition) is 3. The number of carboxylic acids is 1. The number of allylic oxidation sites excluding steroid dienone is 2. The molecule has 0 aromatic rings. The molecule has 4 nitrogen and oxygen atoms in total. The molecule has 0 aromatic heterocycles. The second-order valence-electron chi connectivity index (χ2n) is 6.16. The van der Waals surface area contributed by atoms with Gasteiger partial charge in [-0.2, -0.15) is 11.8 Å². The number of carbonyl (C=O) groups is 2. The van der Waals surface area contributed by atoms with Crippen LogP contribution in [0.25, 0.3) is 0 Å². The van der Waals surface area contributed by atoms with E-state index in [1.165, 1.54) is 32.1 Å². The second kappa shape index (κ2) is 16.9. The van der Waals surface area contributed by atoms with Crippen molar-refractivity contribution in [2.24, 2.45) is 0 Å². The molecular weight excluding hydrogens is 322 g/mol. The van der Waals surface area contributed by atoms with Crippen molar-refractivity contribution in [3.8, 4) is 0 Å². The molecule has 0 spiro atoms. The molecule has 1 amide bonds. The number of amides is 1. The van der Waals surface area contributed by atoms with Gasteiger partial charge >= 0.3 is 5.97 Å². The number of nitrogens with one attached hydrogen (secondary N) is 1. The Morgan fingerprint density at radius 1 is 1.04 bits per heavy atom. The zero-order valence-corrected chi connectivity index (χ0v) is 16.2. The molecule has 140 valence electrons.